The summed E-state index contributed by atoms with van der Waals surface area (Å²) in [7, 11) is 0. The molecule has 0 aromatic heterocycles. The number of halogens is 1. The zero-order valence-electron chi connectivity index (χ0n) is 12.3. The van der Waals surface area contributed by atoms with Crippen molar-refractivity contribution in [3.05, 3.63) is 33.9 Å². The predicted molar refractivity (Wildman–Crippen MR) is 102 cm³/mol. The Kier molecular flexibility index (Phi) is 7.95. The van der Waals surface area contributed by atoms with Crippen LogP contribution in [0, 0.1) is 3.57 Å². The van der Waals surface area contributed by atoms with Gasteiger partial charge in [0.05, 0.1) is 18.6 Å². The van der Waals surface area contributed by atoms with E-state index in [1.54, 1.807) is 0 Å². The molecule has 0 radical (unpaired) electrons. The molecule has 0 saturated carbocycles. The molecular weight excluding hydrogens is 413 g/mol. The van der Waals surface area contributed by atoms with E-state index in [9.17, 15) is 0 Å². The van der Waals surface area contributed by atoms with Crippen LogP contribution in [0.5, 0.6) is 0 Å². The molecule has 1 atom stereocenters. The summed E-state index contributed by atoms with van der Waals surface area (Å²) in [6, 6.07) is 6.42. The molecule has 0 N–H and O–H groups in total. The van der Waals surface area contributed by atoms with Gasteiger partial charge in [0.15, 0.2) is 0 Å². The van der Waals surface area contributed by atoms with Gasteiger partial charge in [0.2, 0.25) is 0 Å². The number of benzene rings is 1. The molecule has 21 heavy (non-hydrogen) atoms. The lowest BCUT2D eigenvalue weighted by Gasteiger charge is -2.33. The highest BCUT2D eigenvalue weighted by Crippen LogP contribution is 2.34. The second kappa shape index (κ2) is 9.45. The lowest BCUT2D eigenvalue weighted by atomic mass is 10.3. The molecule has 2 nitrogen and oxygen atoms in total. The minimum Gasteiger partial charge on any atom is -0.379 e. The zero-order chi connectivity index (χ0) is 15.1. The Hall–Kier alpha value is 0.310. The first-order valence-corrected chi connectivity index (χ1v) is 9.73. The molecule has 1 saturated heterocycles. The van der Waals surface area contributed by atoms with Crippen LogP contribution in [0.2, 0.25) is 0 Å². The molecule has 1 unspecified atom stereocenters. The van der Waals surface area contributed by atoms with Crippen molar-refractivity contribution < 1.29 is 4.74 Å². The van der Waals surface area contributed by atoms with Crippen LogP contribution in [0.25, 0.3) is 0 Å². The minimum atomic E-state index is 0.459. The van der Waals surface area contributed by atoms with Crippen molar-refractivity contribution in [3.63, 3.8) is 0 Å². The Balaban J connectivity index is 2.09. The lowest BCUT2D eigenvalue weighted by molar-refractivity contribution is 0.0330. The highest BCUT2D eigenvalue weighted by molar-refractivity contribution is 14.1. The second-order valence-electron chi connectivity index (χ2n) is 4.95. The Morgan fingerprint density at radius 2 is 2.14 bits per heavy atom. The summed E-state index contributed by atoms with van der Waals surface area (Å²) in [6.07, 6.45) is 6.72. The van der Waals surface area contributed by atoms with Gasteiger partial charge < -0.3 is 4.74 Å². The maximum atomic E-state index is 5.48. The van der Waals surface area contributed by atoms with E-state index in [2.05, 4.69) is 77.4 Å². The van der Waals surface area contributed by atoms with Crippen LogP contribution in [0.15, 0.2) is 40.1 Å². The normalized spacial score (nSPS) is 18.2. The third kappa shape index (κ3) is 5.78. The summed E-state index contributed by atoms with van der Waals surface area (Å²) in [5.41, 5.74) is 0. The minimum absolute atomic E-state index is 0.459. The summed E-state index contributed by atoms with van der Waals surface area (Å²) in [6.45, 7) is 5.90. The van der Waals surface area contributed by atoms with Crippen molar-refractivity contribution in [1.82, 2.24) is 4.90 Å². The van der Waals surface area contributed by atoms with Crippen LogP contribution in [-0.4, -0.2) is 36.6 Å². The van der Waals surface area contributed by atoms with Crippen LogP contribution < -0.4 is 0 Å². The van der Waals surface area contributed by atoms with E-state index in [1.165, 1.54) is 8.47 Å². The molecule has 1 aliphatic heterocycles. The molecule has 0 spiro atoms. The first kappa shape index (κ1) is 17.7. The fraction of sp³-hybridized carbons (Fsp3) is 0.500. The van der Waals surface area contributed by atoms with Crippen molar-refractivity contribution in [3.8, 4) is 0 Å². The summed E-state index contributed by atoms with van der Waals surface area (Å²) >= 11 is 8.90. The number of morpholine rings is 1. The molecule has 0 bridgehead atoms. The standard InChI is InChI=1S/C16H22INOS2/c1-2-3-4-5-16(18-8-10-19-11-9-18)21-15-12-13(17)6-7-14(15)20/h3-4,6-7,12,16,20H,2,5,8-11H2,1H3/b4-3-. The summed E-state index contributed by atoms with van der Waals surface area (Å²) < 4.78 is 6.75. The van der Waals surface area contributed by atoms with Crippen molar-refractivity contribution in [2.75, 3.05) is 26.3 Å². The number of hydrogen-bond acceptors (Lipinski definition) is 4. The molecule has 0 aliphatic carbocycles. The summed E-state index contributed by atoms with van der Waals surface area (Å²) in [5.74, 6) is 0. The Bertz CT molecular complexity index is 475. The zero-order valence-corrected chi connectivity index (χ0v) is 16.2. The molecular formula is C16H22INOS2. The fourth-order valence-corrected chi connectivity index (χ4v) is 4.49. The number of thiol groups is 1. The van der Waals surface area contributed by atoms with Crippen LogP contribution in [0.4, 0.5) is 0 Å². The first-order chi connectivity index (χ1) is 10.2. The molecule has 0 amide bonds. The largest absolute Gasteiger partial charge is 0.379 e. The maximum absolute atomic E-state index is 5.48. The third-order valence-electron chi connectivity index (χ3n) is 3.38. The molecule has 1 aromatic rings. The van der Waals surface area contributed by atoms with Crippen molar-refractivity contribution in [2.24, 2.45) is 0 Å². The topological polar surface area (TPSA) is 12.5 Å². The number of nitrogens with zero attached hydrogens (tertiary/aromatic N) is 1. The fourth-order valence-electron chi connectivity index (χ4n) is 2.25. The predicted octanol–water partition coefficient (Wildman–Crippen LogP) is 4.69. The average molecular weight is 435 g/mol. The Labute approximate surface area is 151 Å². The molecule has 5 heteroatoms. The Morgan fingerprint density at radius 1 is 1.38 bits per heavy atom. The first-order valence-electron chi connectivity index (χ1n) is 7.32. The molecule has 1 aromatic carbocycles. The third-order valence-corrected chi connectivity index (χ3v) is 5.94. The van der Waals surface area contributed by atoms with Crippen molar-refractivity contribution in [1.29, 1.82) is 0 Å². The smallest absolute Gasteiger partial charge is 0.0641 e. The number of hydrogen-bond donors (Lipinski definition) is 1. The number of allylic oxidation sites excluding steroid dienone is 1. The van der Waals surface area contributed by atoms with Gasteiger partial charge in [-0.05, 0) is 53.6 Å². The second-order valence-corrected chi connectivity index (χ2v) is 7.90. The van der Waals surface area contributed by atoms with E-state index in [0.717, 1.165) is 44.0 Å². The van der Waals surface area contributed by atoms with Gasteiger partial charge in [0.25, 0.3) is 0 Å². The molecule has 1 heterocycles. The maximum Gasteiger partial charge on any atom is 0.0641 e. The monoisotopic (exact) mass is 435 g/mol. The van der Waals surface area contributed by atoms with E-state index in [1.807, 2.05) is 11.8 Å². The molecule has 1 aliphatic rings. The van der Waals surface area contributed by atoms with Crippen LogP contribution in [0.1, 0.15) is 19.8 Å². The van der Waals surface area contributed by atoms with Crippen LogP contribution >= 0.6 is 47.0 Å². The summed E-state index contributed by atoms with van der Waals surface area (Å²) in [5, 5.41) is 0.459. The highest BCUT2D eigenvalue weighted by atomic mass is 127. The van der Waals surface area contributed by atoms with Gasteiger partial charge in [-0.3, -0.25) is 4.90 Å². The molecule has 116 valence electrons. The Morgan fingerprint density at radius 3 is 2.86 bits per heavy atom. The lowest BCUT2D eigenvalue weighted by Crippen LogP contribution is -2.41. The average Bonchev–Trinajstić information content (AvgIpc) is 2.51. The number of thioether (sulfide) groups is 1. The SMILES string of the molecule is CC/C=C\CC(Sc1cc(I)ccc1S)N1CCOCC1. The van der Waals surface area contributed by atoms with Gasteiger partial charge in [-0.25, -0.2) is 0 Å². The van der Waals surface area contributed by atoms with Crippen LogP contribution in [-0.2, 0) is 4.74 Å². The van der Waals surface area contributed by atoms with Crippen LogP contribution in [0.3, 0.4) is 0 Å². The van der Waals surface area contributed by atoms with E-state index in [4.69, 9.17) is 4.74 Å². The highest BCUT2D eigenvalue weighted by Gasteiger charge is 2.21. The van der Waals surface area contributed by atoms with Gasteiger partial charge >= 0.3 is 0 Å². The van der Waals surface area contributed by atoms with Crippen molar-refractivity contribution >= 4 is 47.0 Å². The van der Waals surface area contributed by atoms with E-state index < -0.39 is 0 Å². The van der Waals surface area contributed by atoms with Gasteiger partial charge in [-0.2, -0.15) is 0 Å². The summed E-state index contributed by atoms with van der Waals surface area (Å²) in [4.78, 5) is 4.87. The van der Waals surface area contributed by atoms with E-state index in [0.29, 0.717) is 5.37 Å². The molecule has 1 fully saturated rings. The van der Waals surface area contributed by atoms with Gasteiger partial charge in [-0.15, -0.1) is 24.4 Å². The van der Waals surface area contributed by atoms with E-state index >= 15 is 0 Å². The van der Waals surface area contributed by atoms with Gasteiger partial charge in [0.1, 0.15) is 0 Å². The van der Waals surface area contributed by atoms with Gasteiger partial charge in [0, 0.05) is 26.5 Å². The number of rotatable bonds is 6. The molecule has 2 rings (SSSR count). The van der Waals surface area contributed by atoms with E-state index in [-0.39, 0.29) is 0 Å². The quantitative estimate of drug-likeness (QED) is 0.302. The van der Waals surface area contributed by atoms with Crippen molar-refractivity contribution in [2.45, 2.75) is 34.9 Å². The number of ether oxygens (including phenoxy) is 1. The van der Waals surface area contributed by atoms with Gasteiger partial charge in [-0.1, -0.05) is 19.1 Å².